The molecular formula is C20H18O4. The van der Waals surface area contributed by atoms with Crippen molar-refractivity contribution in [1.82, 2.24) is 0 Å². The molecule has 0 bridgehead atoms. The molecule has 2 aromatic rings. The van der Waals surface area contributed by atoms with Crippen molar-refractivity contribution in [2.45, 2.75) is 6.92 Å². The van der Waals surface area contributed by atoms with Gasteiger partial charge in [0, 0.05) is 17.2 Å². The van der Waals surface area contributed by atoms with Crippen molar-refractivity contribution in [3.05, 3.63) is 70.8 Å². The number of methoxy groups -OCH3 is 2. The Labute approximate surface area is 141 Å². The lowest BCUT2D eigenvalue weighted by Gasteiger charge is -2.07. The number of carbonyl (C=O) groups is 1. The summed E-state index contributed by atoms with van der Waals surface area (Å²) in [7, 11) is 3.18. The van der Waals surface area contributed by atoms with Gasteiger partial charge in [0.15, 0.2) is 0 Å². The molecule has 0 aromatic heterocycles. The number of cyclic esters (lactones) is 1. The van der Waals surface area contributed by atoms with E-state index in [-0.39, 0.29) is 5.97 Å². The van der Waals surface area contributed by atoms with E-state index in [1.165, 1.54) is 0 Å². The van der Waals surface area contributed by atoms with Gasteiger partial charge in [-0.2, -0.15) is 0 Å². The van der Waals surface area contributed by atoms with E-state index in [0.717, 1.165) is 16.7 Å². The maximum atomic E-state index is 12.1. The fourth-order valence-corrected chi connectivity index (χ4v) is 2.45. The Hall–Kier alpha value is -3.01. The lowest BCUT2D eigenvalue weighted by molar-refractivity contribution is -0.130. The van der Waals surface area contributed by atoms with Gasteiger partial charge in [0.05, 0.1) is 19.8 Å². The highest BCUT2D eigenvalue weighted by atomic mass is 16.5. The van der Waals surface area contributed by atoms with E-state index in [1.54, 1.807) is 32.4 Å². The van der Waals surface area contributed by atoms with Gasteiger partial charge >= 0.3 is 5.97 Å². The molecule has 3 rings (SSSR count). The van der Waals surface area contributed by atoms with Gasteiger partial charge in [-0.05, 0) is 31.2 Å². The summed E-state index contributed by atoms with van der Waals surface area (Å²) in [6, 6.07) is 13.3. The van der Waals surface area contributed by atoms with Crippen LogP contribution in [0, 0.1) is 6.92 Å². The number of aryl methyl sites for hydroxylation is 1. The largest absolute Gasteiger partial charge is 0.497 e. The Morgan fingerprint density at radius 3 is 2.42 bits per heavy atom. The first-order valence-corrected chi connectivity index (χ1v) is 7.55. The summed E-state index contributed by atoms with van der Waals surface area (Å²) in [5.41, 5.74) is 3.29. The molecule has 4 heteroatoms. The number of benzene rings is 2. The number of hydrogen-bond acceptors (Lipinski definition) is 4. The average molecular weight is 322 g/mol. The molecule has 4 nitrogen and oxygen atoms in total. The molecule has 24 heavy (non-hydrogen) atoms. The zero-order valence-electron chi connectivity index (χ0n) is 13.8. The Morgan fingerprint density at radius 1 is 1.00 bits per heavy atom. The van der Waals surface area contributed by atoms with E-state index in [4.69, 9.17) is 14.2 Å². The standard InChI is InChI=1S/C20H18O4/c1-13-4-6-14(7-5-13)19-11-16(20(21)24-19)10-15-8-9-17(22-2)12-18(15)23-3/h4-12H,1-3H3/b16-10+. The Bertz CT molecular complexity index is 829. The smallest absolute Gasteiger partial charge is 0.343 e. The third-order valence-corrected chi connectivity index (χ3v) is 3.81. The summed E-state index contributed by atoms with van der Waals surface area (Å²) in [4.78, 5) is 12.1. The van der Waals surface area contributed by atoms with Crippen LogP contribution in [0.25, 0.3) is 11.8 Å². The summed E-state index contributed by atoms with van der Waals surface area (Å²) in [5, 5.41) is 0. The van der Waals surface area contributed by atoms with Crippen LogP contribution in [0.3, 0.4) is 0 Å². The first-order chi connectivity index (χ1) is 11.6. The van der Waals surface area contributed by atoms with Crippen molar-refractivity contribution >= 4 is 17.8 Å². The molecule has 0 unspecified atom stereocenters. The molecule has 0 amide bonds. The summed E-state index contributed by atoms with van der Waals surface area (Å²) < 4.78 is 15.9. The number of rotatable bonds is 4. The van der Waals surface area contributed by atoms with Crippen LogP contribution < -0.4 is 9.47 Å². The monoisotopic (exact) mass is 322 g/mol. The van der Waals surface area contributed by atoms with Gasteiger partial charge in [-0.3, -0.25) is 0 Å². The molecule has 1 aliphatic rings. The SMILES string of the molecule is COc1ccc(/C=C2\C=C(c3ccc(C)cc3)OC2=O)c(OC)c1. The van der Waals surface area contributed by atoms with Crippen LogP contribution in [-0.2, 0) is 9.53 Å². The van der Waals surface area contributed by atoms with Crippen LogP contribution in [0.1, 0.15) is 16.7 Å². The van der Waals surface area contributed by atoms with E-state index in [1.807, 2.05) is 43.3 Å². The van der Waals surface area contributed by atoms with Crippen molar-refractivity contribution in [3.63, 3.8) is 0 Å². The second kappa shape index (κ2) is 6.62. The van der Waals surface area contributed by atoms with Crippen LogP contribution in [0.4, 0.5) is 0 Å². The minimum Gasteiger partial charge on any atom is -0.497 e. The molecule has 1 aliphatic heterocycles. The lowest BCUT2D eigenvalue weighted by atomic mass is 10.1. The summed E-state index contributed by atoms with van der Waals surface area (Å²) in [5.74, 6) is 1.51. The summed E-state index contributed by atoms with van der Waals surface area (Å²) in [6.07, 6.45) is 3.50. The van der Waals surface area contributed by atoms with Crippen molar-refractivity contribution in [1.29, 1.82) is 0 Å². The van der Waals surface area contributed by atoms with Crippen molar-refractivity contribution in [3.8, 4) is 11.5 Å². The van der Waals surface area contributed by atoms with E-state index in [9.17, 15) is 4.79 Å². The van der Waals surface area contributed by atoms with E-state index < -0.39 is 0 Å². The fourth-order valence-electron chi connectivity index (χ4n) is 2.45. The van der Waals surface area contributed by atoms with E-state index in [0.29, 0.717) is 22.8 Å². The first kappa shape index (κ1) is 15.9. The first-order valence-electron chi connectivity index (χ1n) is 7.55. The van der Waals surface area contributed by atoms with Crippen LogP contribution in [0.2, 0.25) is 0 Å². The molecule has 0 radical (unpaired) electrons. The predicted octanol–water partition coefficient (Wildman–Crippen LogP) is 3.99. The van der Waals surface area contributed by atoms with Crippen LogP contribution in [0.15, 0.2) is 54.1 Å². The minimum atomic E-state index is -0.372. The molecule has 0 fully saturated rings. The molecular weight excluding hydrogens is 304 g/mol. The molecule has 0 saturated carbocycles. The Balaban J connectivity index is 1.95. The van der Waals surface area contributed by atoms with Gasteiger partial charge in [-0.1, -0.05) is 29.8 Å². The summed E-state index contributed by atoms with van der Waals surface area (Å²) >= 11 is 0. The zero-order chi connectivity index (χ0) is 17.1. The zero-order valence-corrected chi connectivity index (χ0v) is 13.8. The van der Waals surface area contributed by atoms with Gasteiger partial charge in [-0.15, -0.1) is 0 Å². The van der Waals surface area contributed by atoms with Crippen molar-refractivity contribution < 1.29 is 19.0 Å². The molecule has 1 heterocycles. The maximum Gasteiger partial charge on any atom is 0.343 e. The third-order valence-electron chi connectivity index (χ3n) is 3.81. The topological polar surface area (TPSA) is 44.8 Å². The fraction of sp³-hybridized carbons (Fsp3) is 0.150. The average Bonchev–Trinajstić information content (AvgIpc) is 2.96. The Morgan fingerprint density at radius 2 is 1.75 bits per heavy atom. The predicted molar refractivity (Wildman–Crippen MR) is 92.8 cm³/mol. The van der Waals surface area contributed by atoms with E-state index in [2.05, 4.69) is 0 Å². The van der Waals surface area contributed by atoms with Crippen molar-refractivity contribution in [2.24, 2.45) is 0 Å². The van der Waals surface area contributed by atoms with Gasteiger partial charge in [0.25, 0.3) is 0 Å². The van der Waals surface area contributed by atoms with Gasteiger partial charge in [0.1, 0.15) is 17.3 Å². The molecule has 0 atom stereocenters. The Kier molecular flexibility index (Phi) is 4.38. The third kappa shape index (κ3) is 3.18. The molecule has 122 valence electrons. The van der Waals surface area contributed by atoms with E-state index >= 15 is 0 Å². The molecule has 0 spiro atoms. The normalized spacial score (nSPS) is 15.2. The van der Waals surface area contributed by atoms with Crippen molar-refractivity contribution in [2.75, 3.05) is 14.2 Å². The minimum absolute atomic E-state index is 0.372. The van der Waals surface area contributed by atoms with Crippen LogP contribution in [0.5, 0.6) is 11.5 Å². The molecule has 0 saturated heterocycles. The maximum absolute atomic E-state index is 12.1. The van der Waals surface area contributed by atoms with Gasteiger partial charge in [-0.25, -0.2) is 4.79 Å². The highest BCUT2D eigenvalue weighted by Gasteiger charge is 2.22. The second-order valence-corrected chi connectivity index (χ2v) is 5.47. The quantitative estimate of drug-likeness (QED) is 0.630. The van der Waals surface area contributed by atoms with Gasteiger partial charge in [0.2, 0.25) is 0 Å². The second-order valence-electron chi connectivity index (χ2n) is 5.47. The van der Waals surface area contributed by atoms with Crippen LogP contribution >= 0.6 is 0 Å². The molecule has 0 aliphatic carbocycles. The number of ether oxygens (including phenoxy) is 3. The highest BCUT2D eigenvalue weighted by molar-refractivity contribution is 6.05. The number of hydrogen-bond donors (Lipinski definition) is 0. The number of esters is 1. The molecule has 0 N–H and O–H groups in total. The highest BCUT2D eigenvalue weighted by Crippen LogP contribution is 2.31. The summed E-state index contributed by atoms with van der Waals surface area (Å²) in [6.45, 7) is 2.01. The molecule has 2 aromatic carbocycles. The van der Waals surface area contributed by atoms with Gasteiger partial charge < -0.3 is 14.2 Å². The number of carbonyl (C=O) groups excluding carboxylic acids is 1. The van der Waals surface area contributed by atoms with Crippen LogP contribution in [-0.4, -0.2) is 20.2 Å². The lowest BCUT2D eigenvalue weighted by Crippen LogP contribution is -1.98.